The SMILES string of the molecule is CCOCc1cc(NCC(=O)OC)ncn1. The summed E-state index contributed by atoms with van der Waals surface area (Å²) in [6.07, 6.45) is 1.42. The van der Waals surface area contributed by atoms with Gasteiger partial charge in [-0.1, -0.05) is 0 Å². The van der Waals surface area contributed by atoms with Gasteiger partial charge >= 0.3 is 5.97 Å². The van der Waals surface area contributed by atoms with Crippen LogP contribution in [0.3, 0.4) is 0 Å². The van der Waals surface area contributed by atoms with E-state index in [-0.39, 0.29) is 12.5 Å². The highest BCUT2D eigenvalue weighted by atomic mass is 16.5. The molecule has 6 heteroatoms. The van der Waals surface area contributed by atoms with Gasteiger partial charge in [0.1, 0.15) is 18.7 Å². The summed E-state index contributed by atoms with van der Waals surface area (Å²) in [6, 6.07) is 1.73. The molecule has 0 amide bonds. The minimum Gasteiger partial charge on any atom is -0.468 e. The molecule has 0 atom stereocenters. The number of nitrogens with zero attached hydrogens (tertiary/aromatic N) is 2. The summed E-state index contributed by atoms with van der Waals surface area (Å²) in [5.41, 5.74) is 0.768. The molecular weight excluding hydrogens is 210 g/mol. The molecule has 1 aromatic heterocycles. The molecule has 1 heterocycles. The van der Waals surface area contributed by atoms with Crippen LogP contribution >= 0.6 is 0 Å². The van der Waals surface area contributed by atoms with Crippen LogP contribution in [-0.2, 0) is 20.9 Å². The highest BCUT2D eigenvalue weighted by Crippen LogP contribution is 2.04. The minimum atomic E-state index is -0.343. The smallest absolute Gasteiger partial charge is 0.325 e. The number of aromatic nitrogens is 2. The summed E-state index contributed by atoms with van der Waals surface area (Å²) in [5, 5.41) is 2.83. The van der Waals surface area contributed by atoms with Crippen LogP contribution in [0.5, 0.6) is 0 Å². The van der Waals surface area contributed by atoms with Crippen molar-refractivity contribution in [3.8, 4) is 0 Å². The number of esters is 1. The van der Waals surface area contributed by atoms with Gasteiger partial charge in [-0.15, -0.1) is 0 Å². The Hall–Kier alpha value is -1.69. The lowest BCUT2D eigenvalue weighted by molar-refractivity contribution is -0.138. The Morgan fingerprint density at radius 3 is 3.00 bits per heavy atom. The van der Waals surface area contributed by atoms with Gasteiger partial charge in [0.2, 0.25) is 0 Å². The van der Waals surface area contributed by atoms with E-state index >= 15 is 0 Å². The van der Waals surface area contributed by atoms with Crippen LogP contribution in [0.15, 0.2) is 12.4 Å². The number of anilines is 1. The standard InChI is InChI=1S/C10H15N3O3/c1-3-16-6-8-4-9(13-7-12-8)11-5-10(14)15-2/h4,7H,3,5-6H2,1-2H3,(H,11,12,13). The fraction of sp³-hybridized carbons (Fsp3) is 0.500. The summed E-state index contributed by atoms with van der Waals surface area (Å²) >= 11 is 0. The first kappa shape index (κ1) is 12.4. The van der Waals surface area contributed by atoms with E-state index in [0.29, 0.717) is 19.0 Å². The lowest BCUT2D eigenvalue weighted by Crippen LogP contribution is -2.16. The van der Waals surface area contributed by atoms with E-state index in [4.69, 9.17) is 4.74 Å². The first-order chi connectivity index (χ1) is 7.76. The van der Waals surface area contributed by atoms with Gasteiger partial charge in [0, 0.05) is 12.7 Å². The molecule has 1 aromatic rings. The topological polar surface area (TPSA) is 73.3 Å². The number of nitrogens with one attached hydrogen (secondary N) is 1. The van der Waals surface area contributed by atoms with Gasteiger partial charge in [-0.05, 0) is 6.92 Å². The molecule has 0 unspecified atom stereocenters. The molecule has 0 fully saturated rings. The van der Waals surface area contributed by atoms with E-state index in [1.54, 1.807) is 6.07 Å². The number of carbonyl (C=O) groups is 1. The quantitative estimate of drug-likeness (QED) is 0.714. The van der Waals surface area contributed by atoms with Crippen LogP contribution in [0, 0.1) is 0 Å². The second-order valence-corrected chi connectivity index (χ2v) is 2.96. The fourth-order valence-corrected chi connectivity index (χ4v) is 1.01. The molecule has 0 saturated heterocycles. The van der Waals surface area contributed by atoms with Crippen LogP contribution in [0.4, 0.5) is 5.82 Å². The molecule has 1 N–H and O–H groups in total. The van der Waals surface area contributed by atoms with E-state index in [9.17, 15) is 4.79 Å². The average Bonchev–Trinajstić information content (AvgIpc) is 2.34. The maximum Gasteiger partial charge on any atom is 0.325 e. The Kier molecular flexibility index (Phi) is 5.21. The second-order valence-electron chi connectivity index (χ2n) is 2.96. The van der Waals surface area contributed by atoms with Crippen LogP contribution < -0.4 is 5.32 Å². The molecule has 16 heavy (non-hydrogen) atoms. The van der Waals surface area contributed by atoms with E-state index in [1.807, 2.05) is 6.92 Å². The van der Waals surface area contributed by atoms with Crippen molar-refractivity contribution < 1.29 is 14.3 Å². The van der Waals surface area contributed by atoms with Gasteiger partial charge in [0.25, 0.3) is 0 Å². The molecule has 1 rings (SSSR count). The molecule has 0 spiro atoms. The second kappa shape index (κ2) is 6.73. The highest BCUT2D eigenvalue weighted by Gasteiger charge is 2.02. The predicted molar refractivity (Wildman–Crippen MR) is 57.9 cm³/mol. The zero-order valence-electron chi connectivity index (χ0n) is 9.40. The van der Waals surface area contributed by atoms with Gasteiger partial charge in [-0.3, -0.25) is 4.79 Å². The molecular formula is C10H15N3O3. The van der Waals surface area contributed by atoms with E-state index < -0.39 is 0 Å². The van der Waals surface area contributed by atoms with Crippen molar-refractivity contribution in [3.05, 3.63) is 18.1 Å². The molecule has 0 radical (unpaired) electrons. The van der Waals surface area contributed by atoms with E-state index in [1.165, 1.54) is 13.4 Å². The number of ether oxygens (including phenoxy) is 2. The lowest BCUT2D eigenvalue weighted by atomic mass is 10.4. The summed E-state index contributed by atoms with van der Waals surface area (Å²) in [7, 11) is 1.34. The average molecular weight is 225 g/mol. The molecule has 0 aliphatic rings. The first-order valence-corrected chi connectivity index (χ1v) is 4.95. The Morgan fingerprint density at radius 2 is 2.31 bits per heavy atom. The van der Waals surface area contributed by atoms with Gasteiger partial charge < -0.3 is 14.8 Å². The van der Waals surface area contributed by atoms with Crippen LogP contribution in [0.2, 0.25) is 0 Å². The Bertz CT molecular complexity index is 344. The molecule has 0 aliphatic heterocycles. The molecule has 0 aliphatic carbocycles. The van der Waals surface area contributed by atoms with Crippen molar-refractivity contribution in [2.45, 2.75) is 13.5 Å². The largest absolute Gasteiger partial charge is 0.468 e. The normalized spacial score (nSPS) is 9.88. The van der Waals surface area contributed by atoms with Crippen LogP contribution in [0.25, 0.3) is 0 Å². The zero-order chi connectivity index (χ0) is 11.8. The number of hydrogen-bond acceptors (Lipinski definition) is 6. The van der Waals surface area contributed by atoms with Crippen molar-refractivity contribution in [1.82, 2.24) is 9.97 Å². The number of hydrogen-bond donors (Lipinski definition) is 1. The zero-order valence-corrected chi connectivity index (χ0v) is 9.40. The Morgan fingerprint density at radius 1 is 1.50 bits per heavy atom. The third-order valence-electron chi connectivity index (χ3n) is 1.82. The third kappa shape index (κ3) is 4.22. The highest BCUT2D eigenvalue weighted by molar-refractivity contribution is 5.74. The van der Waals surface area contributed by atoms with Crippen LogP contribution in [-0.4, -0.2) is 36.2 Å². The summed E-state index contributed by atoms with van der Waals surface area (Å²) in [5.74, 6) is 0.236. The van der Waals surface area contributed by atoms with Crippen molar-refractivity contribution in [2.24, 2.45) is 0 Å². The molecule has 6 nitrogen and oxygen atoms in total. The summed E-state index contributed by atoms with van der Waals surface area (Å²) in [4.78, 5) is 18.9. The van der Waals surface area contributed by atoms with Gasteiger partial charge in [-0.2, -0.15) is 0 Å². The van der Waals surface area contributed by atoms with Gasteiger partial charge in [0.05, 0.1) is 19.4 Å². The van der Waals surface area contributed by atoms with E-state index in [0.717, 1.165) is 5.69 Å². The maximum absolute atomic E-state index is 10.9. The van der Waals surface area contributed by atoms with Crippen molar-refractivity contribution in [3.63, 3.8) is 0 Å². The molecule has 0 aromatic carbocycles. The number of methoxy groups -OCH3 is 1. The Labute approximate surface area is 94.0 Å². The third-order valence-corrected chi connectivity index (χ3v) is 1.82. The monoisotopic (exact) mass is 225 g/mol. The predicted octanol–water partition coefficient (Wildman–Crippen LogP) is 0.598. The fourth-order valence-electron chi connectivity index (χ4n) is 1.01. The summed E-state index contributed by atoms with van der Waals surface area (Å²) < 4.78 is 9.71. The number of rotatable bonds is 6. The van der Waals surface area contributed by atoms with Gasteiger partial charge in [-0.25, -0.2) is 9.97 Å². The minimum absolute atomic E-state index is 0.0849. The van der Waals surface area contributed by atoms with Crippen molar-refractivity contribution in [1.29, 1.82) is 0 Å². The summed E-state index contributed by atoms with van der Waals surface area (Å²) in [6.45, 7) is 3.07. The first-order valence-electron chi connectivity index (χ1n) is 4.95. The van der Waals surface area contributed by atoms with Crippen molar-refractivity contribution >= 4 is 11.8 Å². The Balaban J connectivity index is 2.50. The van der Waals surface area contributed by atoms with Crippen LogP contribution in [0.1, 0.15) is 12.6 Å². The van der Waals surface area contributed by atoms with E-state index in [2.05, 4.69) is 20.0 Å². The number of carbonyl (C=O) groups excluding carboxylic acids is 1. The maximum atomic E-state index is 10.9. The molecule has 88 valence electrons. The van der Waals surface area contributed by atoms with Gasteiger partial charge in [0.15, 0.2) is 0 Å². The molecule has 0 saturated carbocycles. The lowest BCUT2D eigenvalue weighted by Gasteiger charge is -2.05. The van der Waals surface area contributed by atoms with Crippen molar-refractivity contribution in [2.75, 3.05) is 25.6 Å². The molecule has 0 bridgehead atoms.